The number of pyridine rings is 1. The van der Waals surface area contributed by atoms with Gasteiger partial charge in [0.25, 0.3) is 10.0 Å². The van der Waals surface area contributed by atoms with Gasteiger partial charge in [0.1, 0.15) is 11.6 Å². The molecule has 1 atom stereocenters. The maximum absolute atomic E-state index is 13.2. The Morgan fingerprint density at radius 2 is 1.65 bits per heavy atom. The number of hydrogen-bond donors (Lipinski definition) is 2. The molecule has 0 saturated heterocycles. The second-order valence-corrected chi connectivity index (χ2v) is 12.7. The normalized spacial score (nSPS) is 12.8. The van der Waals surface area contributed by atoms with Crippen LogP contribution in [-0.4, -0.2) is 41.0 Å². The van der Waals surface area contributed by atoms with E-state index in [-0.39, 0.29) is 16.7 Å². The van der Waals surface area contributed by atoms with Crippen molar-refractivity contribution in [3.63, 3.8) is 0 Å². The molecule has 0 unspecified atom stereocenters. The number of benzene rings is 2. The average Bonchev–Trinajstić information content (AvgIpc) is 3.33. The van der Waals surface area contributed by atoms with Gasteiger partial charge in [-0.3, -0.25) is 4.79 Å². The van der Waals surface area contributed by atoms with E-state index in [1.165, 1.54) is 10.2 Å². The summed E-state index contributed by atoms with van der Waals surface area (Å²) in [6.07, 6.45) is 2.88. The highest BCUT2D eigenvalue weighted by atomic mass is 32.2. The fourth-order valence-corrected chi connectivity index (χ4v) is 5.60. The van der Waals surface area contributed by atoms with Crippen molar-refractivity contribution in [2.24, 2.45) is 5.92 Å². The van der Waals surface area contributed by atoms with Gasteiger partial charge in [0.15, 0.2) is 5.65 Å². The van der Waals surface area contributed by atoms with Gasteiger partial charge in [-0.2, -0.15) is 0 Å². The zero-order valence-electron chi connectivity index (χ0n) is 23.2. The molecule has 0 aliphatic rings. The standard InChI is InChI=1S/C30H34N4O5S/c1-20(2)19-26(33-29(36)39-30(3,4)5)28(35)32-22-13-11-21(12-14-22)24-15-17-31-27-25(24)16-18-34(27)40(37,38)23-9-7-6-8-10-23/h6-18,20,26H,19H2,1-5H3,(H,32,35)(H,33,36)/t26-/m1/s1. The number of amides is 2. The first kappa shape index (κ1) is 28.8. The molecule has 0 spiro atoms. The first-order valence-electron chi connectivity index (χ1n) is 13.0. The van der Waals surface area contributed by atoms with E-state index in [9.17, 15) is 18.0 Å². The molecule has 9 nitrogen and oxygen atoms in total. The number of carbonyl (C=O) groups excluding carboxylic acids is 2. The Morgan fingerprint density at radius 3 is 2.27 bits per heavy atom. The second kappa shape index (κ2) is 11.5. The van der Waals surface area contributed by atoms with Gasteiger partial charge in [-0.1, -0.05) is 44.2 Å². The van der Waals surface area contributed by atoms with Gasteiger partial charge >= 0.3 is 6.09 Å². The predicted molar refractivity (Wildman–Crippen MR) is 155 cm³/mol. The molecular formula is C30H34N4O5S. The van der Waals surface area contributed by atoms with Crippen molar-refractivity contribution in [3.8, 4) is 11.1 Å². The van der Waals surface area contributed by atoms with Crippen LogP contribution in [0.2, 0.25) is 0 Å². The van der Waals surface area contributed by atoms with Gasteiger partial charge in [-0.15, -0.1) is 0 Å². The van der Waals surface area contributed by atoms with E-state index >= 15 is 0 Å². The molecule has 4 rings (SSSR count). The Balaban J connectivity index is 1.55. The van der Waals surface area contributed by atoms with Crippen molar-refractivity contribution >= 4 is 38.7 Å². The quantitative estimate of drug-likeness (QED) is 0.279. The lowest BCUT2D eigenvalue weighted by Crippen LogP contribution is -2.46. The third kappa shape index (κ3) is 6.69. The van der Waals surface area contributed by atoms with Crippen molar-refractivity contribution in [3.05, 3.63) is 79.1 Å². The number of hydrogen-bond acceptors (Lipinski definition) is 6. The summed E-state index contributed by atoms with van der Waals surface area (Å²) in [6.45, 7) is 9.23. The summed E-state index contributed by atoms with van der Waals surface area (Å²) in [6, 6.07) is 18.2. The molecule has 210 valence electrons. The van der Waals surface area contributed by atoms with Crippen LogP contribution >= 0.6 is 0 Å². The highest BCUT2D eigenvalue weighted by Gasteiger charge is 2.25. The maximum Gasteiger partial charge on any atom is 0.408 e. The van der Waals surface area contributed by atoms with Crippen molar-refractivity contribution in [1.29, 1.82) is 0 Å². The zero-order valence-corrected chi connectivity index (χ0v) is 24.0. The van der Waals surface area contributed by atoms with Gasteiger partial charge in [0.2, 0.25) is 5.91 Å². The molecular weight excluding hydrogens is 528 g/mol. The van der Waals surface area contributed by atoms with E-state index < -0.39 is 27.8 Å². The summed E-state index contributed by atoms with van der Waals surface area (Å²) in [5.74, 6) is -0.179. The van der Waals surface area contributed by atoms with E-state index in [0.717, 1.165) is 11.1 Å². The molecule has 40 heavy (non-hydrogen) atoms. The van der Waals surface area contributed by atoms with Gasteiger partial charge in [-0.25, -0.2) is 22.2 Å². The minimum absolute atomic E-state index is 0.167. The average molecular weight is 563 g/mol. The maximum atomic E-state index is 13.2. The lowest BCUT2D eigenvalue weighted by atomic mass is 10.0. The van der Waals surface area contributed by atoms with Crippen LogP contribution in [0.4, 0.5) is 10.5 Å². The Hall–Kier alpha value is -4.18. The lowest BCUT2D eigenvalue weighted by molar-refractivity contribution is -0.118. The summed E-state index contributed by atoms with van der Waals surface area (Å²) >= 11 is 0. The molecule has 2 heterocycles. The van der Waals surface area contributed by atoms with E-state index in [4.69, 9.17) is 4.74 Å². The van der Waals surface area contributed by atoms with E-state index in [0.29, 0.717) is 23.1 Å². The van der Waals surface area contributed by atoms with Crippen LogP contribution in [0.1, 0.15) is 41.0 Å². The first-order chi connectivity index (χ1) is 18.8. The van der Waals surface area contributed by atoms with Crippen LogP contribution in [-0.2, 0) is 19.6 Å². The SMILES string of the molecule is CC(C)C[C@@H](NC(=O)OC(C)(C)C)C(=O)Nc1ccc(-c2ccnc3c2ccn3S(=O)(=O)c2ccccc2)cc1. The largest absolute Gasteiger partial charge is 0.444 e. The van der Waals surface area contributed by atoms with Crippen LogP contribution in [0.5, 0.6) is 0 Å². The Kier molecular flexibility index (Phi) is 8.29. The minimum Gasteiger partial charge on any atom is -0.444 e. The van der Waals surface area contributed by atoms with Crippen LogP contribution < -0.4 is 10.6 Å². The van der Waals surface area contributed by atoms with Crippen LogP contribution in [0, 0.1) is 5.92 Å². The van der Waals surface area contributed by atoms with Crippen LogP contribution in [0.25, 0.3) is 22.2 Å². The molecule has 10 heteroatoms. The number of fused-ring (bicyclic) bond motifs is 1. The molecule has 0 aliphatic heterocycles. The van der Waals surface area contributed by atoms with Gasteiger partial charge in [0, 0.05) is 23.5 Å². The van der Waals surface area contributed by atoms with Crippen LogP contribution in [0.3, 0.4) is 0 Å². The number of anilines is 1. The second-order valence-electron chi connectivity index (χ2n) is 10.9. The third-order valence-electron chi connectivity index (χ3n) is 6.03. The molecule has 0 aliphatic carbocycles. The molecule has 2 aromatic heterocycles. The Bertz CT molecular complexity index is 1610. The van der Waals surface area contributed by atoms with E-state index in [1.54, 1.807) is 75.5 Å². The topological polar surface area (TPSA) is 119 Å². The summed E-state index contributed by atoms with van der Waals surface area (Å²) in [4.78, 5) is 29.9. The van der Waals surface area contributed by atoms with Gasteiger partial charge < -0.3 is 15.4 Å². The molecule has 2 N–H and O–H groups in total. The number of alkyl carbamates (subject to hydrolysis) is 1. The third-order valence-corrected chi connectivity index (χ3v) is 7.71. The summed E-state index contributed by atoms with van der Waals surface area (Å²) < 4.78 is 32.9. The summed E-state index contributed by atoms with van der Waals surface area (Å²) in [7, 11) is -3.81. The fraction of sp³-hybridized carbons (Fsp3) is 0.300. The molecule has 2 amide bonds. The predicted octanol–water partition coefficient (Wildman–Crippen LogP) is 5.82. The Morgan fingerprint density at radius 1 is 0.975 bits per heavy atom. The van der Waals surface area contributed by atoms with E-state index in [2.05, 4.69) is 15.6 Å². The number of aromatic nitrogens is 2. The van der Waals surface area contributed by atoms with Crippen molar-refractivity contribution in [2.45, 2.75) is 57.6 Å². The van der Waals surface area contributed by atoms with Gasteiger partial charge in [0.05, 0.1) is 4.90 Å². The number of carbonyl (C=O) groups is 2. The first-order valence-corrected chi connectivity index (χ1v) is 14.5. The lowest BCUT2D eigenvalue weighted by Gasteiger charge is -2.24. The number of ether oxygens (including phenoxy) is 1. The molecule has 0 radical (unpaired) electrons. The Labute approximate surface area is 234 Å². The molecule has 0 saturated carbocycles. The van der Waals surface area contributed by atoms with Crippen molar-refractivity contribution in [2.75, 3.05) is 5.32 Å². The highest BCUT2D eigenvalue weighted by molar-refractivity contribution is 7.90. The molecule has 0 fully saturated rings. The van der Waals surface area contributed by atoms with Crippen molar-refractivity contribution in [1.82, 2.24) is 14.3 Å². The molecule has 2 aromatic carbocycles. The highest BCUT2D eigenvalue weighted by Crippen LogP contribution is 2.31. The molecule has 4 aromatic rings. The monoisotopic (exact) mass is 562 g/mol. The molecule has 0 bridgehead atoms. The smallest absolute Gasteiger partial charge is 0.408 e. The summed E-state index contributed by atoms with van der Waals surface area (Å²) in [5, 5.41) is 6.22. The minimum atomic E-state index is -3.81. The number of nitrogens with one attached hydrogen (secondary N) is 2. The van der Waals surface area contributed by atoms with Crippen molar-refractivity contribution < 1.29 is 22.7 Å². The number of nitrogens with zero attached hydrogens (tertiary/aromatic N) is 2. The zero-order chi connectivity index (χ0) is 29.1. The van der Waals surface area contributed by atoms with E-state index in [1.807, 2.05) is 32.0 Å². The van der Waals surface area contributed by atoms with Crippen LogP contribution in [0.15, 0.2) is 84.0 Å². The van der Waals surface area contributed by atoms with Gasteiger partial charge in [-0.05, 0) is 80.6 Å². The summed E-state index contributed by atoms with van der Waals surface area (Å²) in [5.41, 5.74) is 1.83. The fourth-order valence-electron chi connectivity index (χ4n) is 4.28. The number of rotatable bonds is 8.